The highest BCUT2D eigenvalue weighted by Gasteiger charge is 2.16. The van der Waals surface area contributed by atoms with E-state index in [-0.39, 0.29) is 22.1 Å². The van der Waals surface area contributed by atoms with Crippen molar-refractivity contribution in [1.82, 2.24) is 5.32 Å². The molecule has 0 aromatic heterocycles. The molecule has 0 bridgehead atoms. The van der Waals surface area contributed by atoms with Gasteiger partial charge in [-0.2, -0.15) is 0 Å². The van der Waals surface area contributed by atoms with E-state index >= 15 is 0 Å². The molecule has 0 atom stereocenters. The molecule has 0 spiro atoms. The molecule has 0 unspecified atom stereocenters. The number of hydrogen-bond donors (Lipinski definition) is 3. The van der Waals surface area contributed by atoms with Crippen molar-refractivity contribution in [3.63, 3.8) is 0 Å². The Labute approximate surface area is 180 Å². The summed E-state index contributed by atoms with van der Waals surface area (Å²) in [7, 11) is -3.78. The van der Waals surface area contributed by atoms with Gasteiger partial charge in [0.05, 0.1) is 16.1 Å². The van der Waals surface area contributed by atoms with Gasteiger partial charge in [0.25, 0.3) is 21.8 Å². The van der Waals surface area contributed by atoms with E-state index in [0.717, 1.165) is 0 Å². The smallest absolute Gasteiger partial charge is 0.261 e. The van der Waals surface area contributed by atoms with Gasteiger partial charge in [0.2, 0.25) is 0 Å². The molecule has 0 heterocycles. The van der Waals surface area contributed by atoms with Crippen LogP contribution in [0.4, 0.5) is 11.4 Å². The van der Waals surface area contributed by atoms with Crippen LogP contribution in [0.25, 0.3) is 0 Å². The van der Waals surface area contributed by atoms with Gasteiger partial charge in [0.15, 0.2) is 0 Å². The molecule has 0 radical (unpaired) electrons. The van der Waals surface area contributed by atoms with Gasteiger partial charge in [0, 0.05) is 17.8 Å². The fourth-order valence-electron chi connectivity index (χ4n) is 2.78. The Morgan fingerprint density at radius 2 is 1.58 bits per heavy atom. The van der Waals surface area contributed by atoms with Crippen LogP contribution in [-0.2, 0) is 10.0 Å². The van der Waals surface area contributed by atoms with Crippen LogP contribution in [0, 0.1) is 0 Å². The molecule has 2 amide bonds. The van der Waals surface area contributed by atoms with Gasteiger partial charge in [-0.25, -0.2) is 8.42 Å². The summed E-state index contributed by atoms with van der Waals surface area (Å²) in [6, 6.07) is 20.6. The molecule has 158 valence electrons. The molecule has 3 aromatic rings. The Kier molecular flexibility index (Phi) is 6.84. The number of para-hydroxylation sites is 1. The summed E-state index contributed by atoms with van der Waals surface area (Å²) in [5.74, 6) is -0.829. The molecular weight excluding hydrogens is 414 g/mol. The number of anilines is 2. The number of benzene rings is 3. The molecule has 31 heavy (non-hydrogen) atoms. The number of hydrogen-bond acceptors (Lipinski definition) is 4. The third kappa shape index (κ3) is 5.58. The van der Waals surface area contributed by atoms with Crippen LogP contribution in [-0.4, -0.2) is 26.8 Å². The topological polar surface area (TPSA) is 104 Å². The second kappa shape index (κ2) is 9.73. The lowest BCUT2D eigenvalue weighted by atomic mass is 10.1. The molecule has 0 fully saturated rings. The number of sulfonamides is 1. The molecule has 0 aliphatic rings. The molecule has 7 nitrogen and oxygen atoms in total. The maximum atomic E-state index is 12.8. The Morgan fingerprint density at radius 3 is 2.32 bits per heavy atom. The van der Waals surface area contributed by atoms with Crippen molar-refractivity contribution in [2.75, 3.05) is 16.6 Å². The zero-order chi connectivity index (χ0) is 22.3. The van der Waals surface area contributed by atoms with Crippen molar-refractivity contribution in [3.8, 4) is 0 Å². The predicted octanol–water partition coefficient (Wildman–Crippen LogP) is 3.66. The monoisotopic (exact) mass is 435 g/mol. The van der Waals surface area contributed by atoms with E-state index in [9.17, 15) is 18.0 Å². The number of carbonyl (C=O) groups is 2. The molecule has 0 aliphatic heterocycles. The summed E-state index contributed by atoms with van der Waals surface area (Å²) in [5.41, 5.74) is 1.12. The van der Waals surface area contributed by atoms with E-state index in [1.54, 1.807) is 66.7 Å². The summed E-state index contributed by atoms with van der Waals surface area (Å²) in [6.07, 6.45) is 1.56. The van der Waals surface area contributed by atoms with Crippen molar-refractivity contribution in [2.24, 2.45) is 0 Å². The molecule has 3 rings (SSSR count). The average molecular weight is 436 g/mol. The van der Waals surface area contributed by atoms with Crippen LogP contribution in [0.3, 0.4) is 0 Å². The van der Waals surface area contributed by atoms with Gasteiger partial charge >= 0.3 is 0 Å². The maximum absolute atomic E-state index is 12.8. The van der Waals surface area contributed by atoms with E-state index in [2.05, 4.69) is 21.9 Å². The van der Waals surface area contributed by atoms with Gasteiger partial charge in [-0.3, -0.25) is 14.3 Å². The third-order valence-corrected chi connectivity index (χ3v) is 5.65. The number of carbonyl (C=O) groups excluding carboxylic acids is 2. The van der Waals surface area contributed by atoms with E-state index in [1.807, 2.05) is 0 Å². The standard InChI is InChI=1S/C23H21N3O4S/c1-2-15-24-23(28)20-13-6-7-14-21(20)25-22(27)17-9-8-10-18(16-17)26-31(29,30)19-11-4-3-5-12-19/h2-14,16,26H,1,15H2,(H,24,28)(H,25,27). The first-order valence-corrected chi connectivity index (χ1v) is 10.9. The van der Waals surface area contributed by atoms with Gasteiger partial charge in [-0.1, -0.05) is 42.5 Å². The maximum Gasteiger partial charge on any atom is 0.261 e. The minimum atomic E-state index is -3.78. The SMILES string of the molecule is C=CCNC(=O)c1ccccc1NC(=O)c1cccc(NS(=O)(=O)c2ccccc2)c1. The number of nitrogens with one attached hydrogen (secondary N) is 3. The summed E-state index contributed by atoms with van der Waals surface area (Å²) < 4.78 is 27.5. The summed E-state index contributed by atoms with van der Waals surface area (Å²) in [6.45, 7) is 3.85. The zero-order valence-electron chi connectivity index (χ0n) is 16.5. The minimum Gasteiger partial charge on any atom is -0.349 e. The zero-order valence-corrected chi connectivity index (χ0v) is 17.4. The van der Waals surface area contributed by atoms with Crippen LogP contribution in [0.5, 0.6) is 0 Å². The summed E-state index contributed by atoms with van der Waals surface area (Å²) >= 11 is 0. The quantitative estimate of drug-likeness (QED) is 0.470. The highest BCUT2D eigenvalue weighted by atomic mass is 32.2. The lowest BCUT2D eigenvalue weighted by molar-refractivity contribution is 0.0959. The first kappa shape index (κ1) is 21.8. The fourth-order valence-corrected chi connectivity index (χ4v) is 3.85. The summed E-state index contributed by atoms with van der Waals surface area (Å²) in [5, 5.41) is 5.37. The highest BCUT2D eigenvalue weighted by Crippen LogP contribution is 2.20. The fraction of sp³-hybridized carbons (Fsp3) is 0.0435. The molecule has 3 N–H and O–H groups in total. The molecular formula is C23H21N3O4S. The third-order valence-electron chi connectivity index (χ3n) is 4.26. The van der Waals surface area contributed by atoms with Crippen molar-refractivity contribution in [1.29, 1.82) is 0 Å². The van der Waals surface area contributed by atoms with Crippen LogP contribution in [0.1, 0.15) is 20.7 Å². The van der Waals surface area contributed by atoms with Gasteiger partial charge in [0.1, 0.15) is 0 Å². The Balaban J connectivity index is 1.79. The van der Waals surface area contributed by atoms with E-state index < -0.39 is 15.9 Å². The average Bonchev–Trinajstić information content (AvgIpc) is 2.78. The second-order valence-corrected chi connectivity index (χ2v) is 8.18. The molecule has 0 saturated heterocycles. The first-order chi connectivity index (χ1) is 14.9. The Hall–Kier alpha value is -3.91. The first-order valence-electron chi connectivity index (χ1n) is 9.38. The van der Waals surface area contributed by atoms with Crippen molar-refractivity contribution < 1.29 is 18.0 Å². The lowest BCUT2D eigenvalue weighted by Gasteiger charge is -2.12. The second-order valence-electron chi connectivity index (χ2n) is 6.50. The molecule has 0 saturated carbocycles. The predicted molar refractivity (Wildman–Crippen MR) is 121 cm³/mol. The number of amides is 2. The Morgan fingerprint density at radius 1 is 0.871 bits per heavy atom. The van der Waals surface area contributed by atoms with Crippen LogP contribution >= 0.6 is 0 Å². The normalized spacial score (nSPS) is 10.7. The van der Waals surface area contributed by atoms with E-state index in [1.165, 1.54) is 18.2 Å². The van der Waals surface area contributed by atoms with Crippen molar-refractivity contribution in [3.05, 3.63) is 103 Å². The highest BCUT2D eigenvalue weighted by molar-refractivity contribution is 7.92. The molecule has 3 aromatic carbocycles. The summed E-state index contributed by atoms with van der Waals surface area (Å²) in [4.78, 5) is 25.2. The Bertz CT molecular complexity index is 1210. The molecule has 8 heteroatoms. The molecule has 0 aliphatic carbocycles. The van der Waals surface area contributed by atoms with Gasteiger partial charge in [-0.15, -0.1) is 6.58 Å². The van der Waals surface area contributed by atoms with Crippen LogP contribution < -0.4 is 15.4 Å². The van der Waals surface area contributed by atoms with E-state index in [4.69, 9.17) is 0 Å². The van der Waals surface area contributed by atoms with Crippen LogP contribution in [0.15, 0.2) is 96.4 Å². The van der Waals surface area contributed by atoms with Crippen molar-refractivity contribution >= 4 is 33.2 Å². The van der Waals surface area contributed by atoms with Crippen LogP contribution in [0.2, 0.25) is 0 Å². The van der Waals surface area contributed by atoms with Gasteiger partial charge in [-0.05, 0) is 42.5 Å². The minimum absolute atomic E-state index is 0.115. The largest absolute Gasteiger partial charge is 0.349 e. The van der Waals surface area contributed by atoms with Crippen molar-refractivity contribution in [2.45, 2.75) is 4.90 Å². The van der Waals surface area contributed by atoms with Gasteiger partial charge < -0.3 is 10.6 Å². The number of rotatable bonds is 8. The lowest BCUT2D eigenvalue weighted by Crippen LogP contribution is -2.25. The van der Waals surface area contributed by atoms with E-state index in [0.29, 0.717) is 17.8 Å².